The van der Waals surface area contributed by atoms with E-state index in [0.29, 0.717) is 5.76 Å². The van der Waals surface area contributed by atoms with Crippen LogP contribution in [-0.4, -0.2) is 38.0 Å². The third-order valence-corrected chi connectivity index (χ3v) is 3.25. The first kappa shape index (κ1) is 18.8. The van der Waals surface area contributed by atoms with E-state index >= 15 is 0 Å². The molecule has 0 spiro atoms. The molecule has 0 aliphatic heterocycles. The molecule has 9 nitrogen and oxygen atoms in total. The number of rotatable bonds is 9. The fourth-order valence-corrected chi connectivity index (χ4v) is 2.00. The number of ether oxygens (including phenoxy) is 2. The van der Waals surface area contributed by atoms with Gasteiger partial charge in [0.1, 0.15) is 5.76 Å². The number of furan rings is 1. The van der Waals surface area contributed by atoms with Gasteiger partial charge >= 0.3 is 0 Å². The zero-order valence-corrected chi connectivity index (χ0v) is 14.1. The van der Waals surface area contributed by atoms with E-state index in [4.69, 9.17) is 19.6 Å². The van der Waals surface area contributed by atoms with Crippen LogP contribution in [-0.2, 0) is 16.1 Å². The van der Waals surface area contributed by atoms with Crippen molar-refractivity contribution in [3.63, 3.8) is 0 Å². The van der Waals surface area contributed by atoms with Gasteiger partial charge in [0.05, 0.1) is 26.5 Å². The number of hydrogen-bond donors (Lipinski definition) is 3. The highest BCUT2D eigenvalue weighted by Crippen LogP contribution is 2.27. The van der Waals surface area contributed by atoms with Gasteiger partial charge in [-0.2, -0.15) is 0 Å². The van der Waals surface area contributed by atoms with Crippen LogP contribution >= 0.6 is 0 Å². The maximum absolute atomic E-state index is 12.1. The van der Waals surface area contributed by atoms with Crippen LogP contribution in [0.5, 0.6) is 11.5 Å². The zero-order valence-electron chi connectivity index (χ0n) is 14.1. The molecule has 4 N–H and O–H groups in total. The van der Waals surface area contributed by atoms with Gasteiger partial charge in [0.25, 0.3) is 11.8 Å². The molecule has 0 bridgehead atoms. The molecule has 3 amide bonds. The van der Waals surface area contributed by atoms with Crippen molar-refractivity contribution in [2.75, 3.05) is 20.3 Å². The normalized spacial score (nSPS) is 10.0. The average Bonchev–Trinajstić information content (AvgIpc) is 3.16. The topological polar surface area (TPSA) is 133 Å². The minimum absolute atomic E-state index is 0.193. The third-order valence-electron chi connectivity index (χ3n) is 3.25. The van der Waals surface area contributed by atoms with Crippen molar-refractivity contribution in [2.24, 2.45) is 5.73 Å². The van der Waals surface area contributed by atoms with Gasteiger partial charge in [0, 0.05) is 5.56 Å². The van der Waals surface area contributed by atoms with Gasteiger partial charge in [-0.05, 0) is 30.3 Å². The van der Waals surface area contributed by atoms with Gasteiger partial charge in [0.15, 0.2) is 18.1 Å². The first-order valence-electron chi connectivity index (χ1n) is 7.66. The van der Waals surface area contributed by atoms with Crippen LogP contribution in [0, 0.1) is 0 Å². The van der Waals surface area contributed by atoms with Crippen LogP contribution in [0.2, 0.25) is 0 Å². The molecule has 1 heterocycles. The second-order valence-corrected chi connectivity index (χ2v) is 5.16. The summed E-state index contributed by atoms with van der Waals surface area (Å²) in [6.45, 7) is -0.263. The molecule has 0 radical (unpaired) electrons. The van der Waals surface area contributed by atoms with Crippen LogP contribution in [0.15, 0.2) is 41.0 Å². The van der Waals surface area contributed by atoms with E-state index in [0.717, 1.165) is 0 Å². The minimum atomic E-state index is -0.630. The summed E-state index contributed by atoms with van der Waals surface area (Å²) in [6, 6.07) is 7.84. The predicted octanol–water partition coefficient (Wildman–Crippen LogP) is 0.199. The Morgan fingerprint density at radius 3 is 2.62 bits per heavy atom. The number of amides is 3. The first-order valence-corrected chi connectivity index (χ1v) is 7.66. The highest BCUT2D eigenvalue weighted by molar-refractivity contribution is 5.97. The molecule has 1 aromatic heterocycles. The first-order chi connectivity index (χ1) is 12.5. The van der Waals surface area contributed by atoms with E-state index in [9.17, 15) is 14.4 Å². The summed E-state index contributed by atoms with van der Waals surface area (Å²) < 4.78 is 15.4. The van der Waals surface area contributed by atoms with Crippen molar-refractivity contribution in [3.05, 3.63) is 47.9 Å². The molecule has 9 heteroatoms. The highest BCUT2D eigenvalue weighted by Gasteiger charge is 2.13. The summed E-state index contributed by atoms with van der Waals surface area (Å²) in [7, 11) is 1.40. The van der Waals surface area contributed by atoms with Crippen LogP contribution in [0.25, 0.3) is 0 Å². The Labute approximate surface area is 149 Å². The number of primary amides is 1. The fourth-order valence-electron chi connectivity index (χ4n) is 2.00. The lowest BCUT2D eigenvalue weighted by molar-refractivity contribution is -0.120. The Morgan fingerprint density at radius 2 is 1.96 bits per heavy atom. The second-order valence-electron chi connectivity index (χ2n) is 5.16. The van der Waals surface area contributed by atoms with Crippen molar-refractivity contribution in [1.29, 1.82) is 0 Å². The SMILES string of the molecule is COc1cc(C(=O)NCC(=O)NCc2ccco2)ccc1OCC(N)=O. The molecule has 0 unspecified atom stereocenters. The number of carbonyl (C=O) groups excluding carboxylic acids is 3. The molecule has 1 aromatic carbocycles. The van der Waals surface area contributed by atoms with Gasteiger partial charge in [-0.15, -0.1) is 0 Å². The summed E-state index contributed by atoms with van der Waals surface area (Å²) in [6.07, 6.45) is 1.51. The van der Waals surface area contributed by atoms with Gasteiger partial charge in [-0.1, -0.05) is 0 Å². The molecule has 0 aliphatic rings. The monoisotopic (exact) mass is 361 g/mol. The number of benzene rings is 1. The number of carbonyl (C=O) groups is 3. The molecule has 0 saturated heterocycles. The number of methoxy groups -OCH3 is 1. The van der Waals surface area contributed by atoms with E-state index in [-0.39, 0.29) is 42.7 Å². The Kier molecular flexibility index (Phi) is 6.60. The summed E-state index contributed by atoms with van der Waals surface area (Å²) >= 11 is 0. The molecule has 0 saturated carbocycles. The Balaban J connectivity index is 1.87. The molecular formula is C17H19N3O6. The van der Waals surface area contributed by atoms with E-state index < -0.39 is 11.8 Å². The number of nitrogens with two attached hydrogens (primary N) is 1. The average molecular weight is 361 g/mol. The lowest BCUT2D eigenvalue weighted by Crippen LogP contribution is -2.36. The maximum Gasteiger partial charge on any atom is 0.255 e. The van der Waals surface area contributed by atoms with Crippen molar-refractivity contribution < 1.29 is 28.3 Å². The second kappa shape index (κ2) is 9.11. The van der Waals surface area contributed by atoms with Crippen molar-refractivity contribution in [1.82, 2.24) is 10.6 Å². The molecule has 0 fully saturated rings. The Bertz CT molecular complexity index is 773. The van der Waals surface area contributed by atoms with Crippen LogP contribution in [0.1, 0.15) is 16.1 Å². The van der Waals surface area contributed by atoms with Crippen molar-refractivity contribution in [3.8, 4) is 11.5 Å². The van der Waals surface area contributed by atoms with E-state index in [1.54, 1.807) is 12.1 Å². The lowest BCUT2D eigenvalue weighted by Gasteiger charge is -2.11. The van der Waals surface area contributed by atoms with Gasteiger partial charge < -0.3 is 30.3 Å². The summed E-state index contributed by atoms with van der Waals surface area (Å²) in [5.74, 6) is -0.295. The van der Waals surface area contributed by atoms with Gasteiger partial charge in [0.2, 0.25) is 5.91 Å². The van der Waals surface area contributed by atoms with E-state index in [2.05, 4.69) is 10.6 Å². The summed E-state index contributed by atoms with van der Waals surface area (Å²) in [5.41, 5.74) is 5.29. The van der Waals surface area contributed by atoms with Crippen LogP contribution in [0.4, 0.5) is 0 Å². The van der Waals surface area contributed by atoms with E-state index in [1.165, 1.54) is 31.6 Å². The predicted molar refractivity (Wildman–Crippen MR) is 90.6 cm³/mol. The van der Waals surface area contributed by atoms with E-state index in [1.807, 2.05) is 0 Å². The lowest BCUT2D eigenvalue weighted by atomic mass is 10.2. The molecule has 0 aliphatic carbocycles. The van der Waals surface area contributed by atoms with Crippen LogP contribution in [0.3, 0.4) is 0 Å². The van der Waals surface area contributed by atoms with Crippen molar-refractivity contribution in [2.45, 2.75) is 6.54 Å². The molecule has 2 rings (SSSR count). The third kappa shape index (κ3) is 5.55. The smallest absolute Gasteiger partial charge is 0.255 e. The summed E-state index contributed by atoms with van der Waals surface area (Å²) in [5, 5.41) is 5.11. The standard InChI is InChI=1S/C17H19N3O6/c1-24-14-7-11(4-5-13(14)26-10-15(18)21)17(23)20-9-16(22)19-8-12-3-2-6-25-12/h2-7H,8-10H2,1H3,(H2,18,21)(H,19,22)(H,20,23). The number of hydrogen-bond acceptors (Lipinski definition) is 6. The minimum Gasteiger partial charge on any atom is -0.493 e. The Hall–Kier alpha value is -3.49. The van der Waals surface area contributed by atoms with Crippen LogP contribution < -0.4 is 25.8 Å². The molecule has 26 heavy (non-hydrogen) atoms. The Morgan fingerprint density at radius 1 is 1.15 bits per heavy atom. The molecule has 0 atom stereocenters. The largest absolute Gasteiger partial charge is 0.493 e. The molecular weight excluding hydrogens is 342 g/mol. The van der Waals surface area contributed by atoms with Gasteiger partial charge in [-0.3, -0.25) is 14.4 Å². The zero-order chi connectivity index (χ0) is 18.9. The maximum atomic E-state index is 12.1. The molecule has 2 aromatic rings. The summed E-state index contributed by atoms with van der Waals surface area (Å²) in [4.78, 5) is 34.7. The van der Waals surface area contributed by atoms with Gasteiger partial charge in [-0.25, -0.2) is 0 Å². The highest BCUT2D eigenvalue weighted by atomic mass is 16.5. The molecule has 138 valence electrons. The van der Waals surface area contributed by atoms with Crippen molar-refractivity contribution >= 4 is 17.7 Å². The number of nitrogens with one attached hydrogen (secondary N) is 2. The fraction of sp³-hybridized carbons (Fsp3) is 0.235. The quantitative estimate of drug-likeness (QED) is 0.584.